The zero-order chi connectivity index (χ0) is 23.0. The maximum Gasteiger partial charge on any atom is 0.144 e. The first kappa shape index (κ1) is 22.4. The molecule has 1 heterocycles. The summed E-state index contributed by atoms with van der Waals surface area (Å²) in [6, 6.07) is 12.9. The molecular weight excluding hydrogens is 410 g/mol. The number of nitrogens with one attached hydrogen (secondary N) is 1. The summed E-state index contributed by atoms with van der Waals surface area (Å²) < 4.78 is 5.49. The highest BCUT2D eigenvalue weighted by Crippen LogP contribution is 2.53. The second-order valence-corrected chi connectivity index (χ2v) is 10.3. The highest BCUT2D eigenvalue weighted by atomic mass is 16.5. The van der Waals surface area contributed by atoms with Crippen LogP contribution in [0.3, 0.4) is 0 Å². The van der Waals surface area contributed by atoms with Gasteiger partial charge in [0.2, 0.25) is 0 Å². The van der Waals surface area contributed by atoms with Gasteiger partial charge >= 0.3 is 0 Å². The average molecular weight is 448 g/mol. The molecule has 33 heavy (non-hydrogen) atoms. The molecule has 176 valence electrons. The minimum atomic E-state index is -0.573. The number of hydrogen-bond donors (Lipinski definition) is 2. The molecule has 0 amide bonds. The average Bonchev–Trinajstić information content (AvgIpc) is 3.07. The molecule has 1 aromatic heterocycles. The monoisotopic (exact) mass is 447 g/mol. The first-order valence-corrected chi connectivity index (χ1v) is 12.5. The topological polar surface area (TPSA) is 61.4 Å². The van der Waals surface area contributed by atoms with Crippen molar-refractivity contribution < 1.29 is 9.84 Å². The van der Waals surface area contributed by atoms with E-state index in [1.165, 1.54) is 24.0 Å². The third kappa shape index (κ3) is 4.29. The van der Waals surface area contributed by atoms with Gasteiger partial charge in [-0.15, -0.1) is 0 Å². The van der Waals surface area contributed by atoms with Crippen molar-refractivity contribution in [3.8, 4) is 5.75 Å². The third-order valence-corrected chi connectivity index (χ3v) is 8.06. The van der Waals surface area contributed by atoms with Gasteiger partial charge in [-0.25, -0.2) is 4.98 Å². The molecule has 0 radical (unpaired) electrons. The lowest BCUT2D eigenvalue weighted by atomic mass is 9.67. The number of fused-ring (bicyclic) bond motifs is 4. The summed E-state index contributed by atoms with van der Waals surface area (Å²) in [6.07, 6.45) is 7.26. The zero-order valence-corrected chi connectivity index (χ0v) is 20.2. The number of H-pyrrole nitrogens is 1. The summed E-state index contributed by atoms with van der Waals surface area (Å²) in [7, 11) is 3.88. The predicted octanol–water partition coefficient (Wildman–Crippen LogP) is 5.32. The standard InChI is InChI=1S/C28H37N3O2/c1-19-13-14-24(33-3)27-26(19)29-25(30-27)12-7-16-31(2)17-15-28(32)18-20-8-6-11-23(28)22-10-5-4-9-21(20)22/h4-5,9-10,13-14,20,23,32H,6-8,11-12,15-18H2,1-3H3,(H,29,30)/t20?,23?,28-/m1/s1. The molecule has 3 atom stereocenters. The van der Waals surface area contributed by atoms with Crippen molar-refractivity contribution in [2.45, 2.75) is 69.3 Å². The van der Waals surface area contributed by atoms with Crippen molar-refractivity contribution >= 4 is 11.0 Å². The smallest absolute Gasteiger partial charge is 0.144 e. The van der Waals surface area contributed by atoms with Crippen molar-refractivity contribution in [3.63, 3.8) is 0 Å². The summed E-state index contributed by atoms with van der Waals surface area (Å²) >= 11 is 0. The Labute approximate surface area is 197 Å². The first-order valence-electron chi connectivity index (χ1n) is 12.5. The van der Waals surface area contributed by atoms with Crippen LogP contribution in [-0.2, 0) is 6.42 Å². The van der Waals surface area contributed by atoms with Crippen LogP contribution >= 0.6 is 0 Å². The lowest BCUT2D eigenvalue weighted by Gasteiger charge is -2.43. The number of aromatic nitrogens is 2. The predicted molar refractivity (Wildman–Crippen MR) is 133 cm³/mol. The van der Waals surface area contributed by atoms with E-state index in [-0.39, 0.29) is 5.92 Å². The number of aliphatic hydroxyl groups is 1. The number of rotatable bonds is 8. The van der Waals surface area contributed by atoms with Crippen LogP contribution in [0.5, 0.6) is 5.75 Å². The molecule has 1 saturated carbocycles. The molecule has 2 N–H and O–H groups in total. The molecule has 1 fully saturated rings. The summed E-state index contributed by atoms with van der Waals surface area (Å²) in [6.45, 7) is 4.01. The van der Waals surface area contributed by atoms with Crippen molar-refractivity contribution in [2.24, 2.45) is 0 Å². The molecule has 3 aliphatic rings. The van der Waals surface area contributed by atoms with Crippen LogP contribution in [0.15, 0.2) is 36.4 Å². The molecule has 5 heteroatoms. The number of ether oxygens (including phenoxy) is 1. The normalized spacial score (nSPS) is 24.3. The van der Waals surface area contributed by atoms with Crippen LogP contribution in [0.4, 0.5) is 0 Å². The van der Waals surface area contributed by atoms with Crippen LogP contribution < -0.4 is 4.74 Å². The fourth-order valence-electron chi connectivity index (χ4n) is 6.24. The minimum Gasteiger partial charge on any atom is -0.494 e. The van der Waals surface area contributed by atoms with Gasteiger partial charge in [0.05, 0.1) is 18.2 Å². The maximum absolute atomic E-state index is 11.7. The molecular formula is C28H37N3O2. The largest absolute Gasteiger partial charge is 0.494 e. The molecule has 2 unspecified atom stereocenters. The third-order valence-electron chi connectivity index (χ3n) is 8.06. The quantitative estimate of drug-likeness (QED) is 0.491. The van der Waals surface area contributed by atoms with E-state index >= 15 is 0 Å². The van der Waals surface area contributed by atoms with Crippen LogP contribution in [0.2, 0.25) is 0 Å². The van der Waals surface area contributed by atoms with E-state index in [1.807, 2.05) is 6.07 Å². The van der Waals surface area contributed by atoms with E-state index in [4.69, 9.17) is 9.72 Å². The van der Waals surface area contributed by atoms with Gasteiger partial charge in [-0.1, -0.05) is 36.8 Å². The Morgan fingerprint density at radius 1 is 1.15 bits per heavy atom. The van der Waals surface area contributed by atoms with Gasteiger partial charge in [0.15, 0.2) is 0 Å². The Morgan fingerprint density at radius 3 is 2.79 bits per heavy atom. The van der Waals surface area contributed by atoms with Crippen LogP contribution in [0.25, 0.3) is 11.0 Å². The lowest BCUT2D eigenvalue weighted by molar-refractivity contribution is -0.0194. The van der Waals surface area contributed by atoms with E-state index in [1.54, 1.807) is 7.11 Å². The van der Waals surface area contributed by atoms with E-state index in [9.17, 15) is 5.11 Å². The fraction of sp³-hybridized carbons (Fsp3) is 0.536. The second kappa shape index (κ2) is 9.11. The van der Waals surface area contributed by atoms with Gasteiger partial charge in [0.1, 0.15) is 17.1 Å². The number of aryl methyl sites for hydroxylation is 2. The molecule has 0 aliphatic heterocycles. The van der Waals surface area contributed by atoms with Gasteiger partial charge in [0, 0.05) is 18.9 Å². The van der Waals surface area contributed by atoms with E-state index in [0.717, 1.165) is 73.4 Å². The first-order chi connectivity index (χ1) is 16.0. The highest BCUT2D eigenvalue weighted by Gasteiger charge is 2.46. The Balaban J connectivity index is 1.18. The number of methoxy groups -OCH3 is 1. The Hall–Kier alpha value is -2.37. The maximum atomic E-state index is 11.7. The van der Waals surface area contributed by atoms with Crippen molar-refractivity contribution in [2.75, 3.05) is 27.2 Å². The van der Waals surface area contributed by atoms with Crippen LogP contribution in [0.1, 0.15) is 72.9 Å². The number of imidazole rings is 1. The molecule has 0 spiro atoms. The number of benzene rings is 2. The summed E-state index contributed by atoms with van der Waals surface area (Å²) in [4.78, 5) is 10.6. The van der Waals surface area contributed by atoms with Gasteiger partial charge in [-0.05, 0) is 81.3 Å². The number of aromatic amines is 1. The van der Waals surface area contributed by atoms with Crippen LogP contribution in [-0.4, -0.2) is 52.8 Å². The van der Waals surface area contributed by atoms with Gasteiger partial charge < -0.3 is 19.7 Å². The molecule has 2 aromatic carbocycles. The van der Waals surface area contributed by atoms with Gasteiger partial charge in [-0.2, -0.15) is 0 Å². The number of hydrogen-bond acceptors (Lipinski definition) is 4. The fourth-order valence-corrected chi connectivity index (χ4v) is 6.24. The molecule has 0 saturated heterocycles. The SMILES string of the molecule is COc1ccc(C)c2nc(CCCN(C)CC[C@@]3(O)CC4CCCC3c3ccccc34)[nH]c12. The molecule has 3 aliphatic carbocycles. The van der Waals surface area contributed by atoms with Gasteiger partial charge in [0.25, 0.3) is 0 Å². The molecule has 3 aromatic rings. The van der Waals surface area contributed by atoms with Gasteiger partial charge in [-0.3, -0.25) is 0 Å². The summed E-state index contributed by atoms with van der Waals surface area (Å²) in [5.41, 5.74) is 5.49. The summed E-state index contributed by atoms with van der Waals surface area (Å²) in [5.74, 6) is 2.67. The molecule has 2 bridgehead atoms. The van der Waals surface area contributed by atoms with Crippen molar-refractivity contribution in [3.05, 3.63) is 58.9 Å². The van der Waals surface area contributed by atoms with E-state index < -0.39 is 5.60 Å². The minimum absolute atomic E-state index is 0.287. The Bertz CT molecular complexity index is 1120. The zero-order valence-electron chi connectivity index (χ0n) is 20.2. The summed E-state index contributed by atoms with van der Waals surface area (Å²) in [5, 5.41) is 11.7. The molecule has 6 rings (SSSR count). The van der Waals surface area contributed by atoms with Crippen molar-refractivity contribution in [1.82, 2.24) is 14.9 Å². The Kier molecular flexibility index (Phi) is 6.19. The van der Waals surface area contributed by atoms with Crippen LogP contribution in [0, 0.1) is 6.92 Å². The number of nitrogens with zero attached hydrogens (tertiary/aromatic N) is 2. The second-order valence-electron chi connectivity index (χ2n) is 10.3. The lowest BCUT2D eigenvalue weighted by Crippen LogP contribution is -2.43. The van der Waals surface area contributed by atoms with E-state index in [0.29, 0.717) is 5.92 Å². The van der Waals surface area contributed by atoms with E-state index in [2.05, 4.69) is 54.2 Å². The molecule has 5 nitrogen and oxygen atoms in total. The van der Waals surface area contributed by atoms with Crippen molar-refractivity contribution in [1.29, 1.82) is 0 Å². The highest BCUT2D eigenvalue weighted by molar-refractivity contribution is 5.84. The Morgan fingerprint density at radius 2 is 1.97 bits per heavy atom.